The molecule has 6 heteroatoms. The Labute approximate surface area is 155 Å². The zero-order valence-electron chi connectivity index (χ0n) is 15.7. The monoisotopic (exact) mass is 360 g/mol. The third-order valence-electron chi connectivity index (χ3n) is 5.47. The molecule has 3 rings (SSSR count). The first-order valence-corrected chi connectivity index (χ1v) is 9.44. The van der Waals surface area contributed by atoms with Crippen LogP contribution in [0.1, 0.15) is 42.5 Å². The fraction of sp³-hybridized carbons (Fsp3) is 0.600. The van der Waals surface area contributed by atoms with E-state index in [4.69, 9.17) is 9.47 Å². The van der Waals surface area contributed by atoms with Gasteiger partial charge in [0.05, 0.1) is 19.8 Å². The number of benzene rings is 1. The number of carbonyl (C=O) groups is 2. The zero-order chi connectivity index (χ0) is 18.5. The third-order valence-corrected chi connectivity index (χ3v) is 5.47. The molecule has 0 spiro atoms. The van der Waals surface area contributed by atoms with E-state index < -0.39 is 0 Å². The first-order valence-electron chi connectivity index (χ1n) is 9.44. The number of nitrogens with zero attached hydrogens (tertiary/aromatic N) is 2. The van der Waals surface area contributed by atoms with Crippen LogP contribution >= 0.6 is 0 Å². The standard InChI is InChI=1S/C20H28N2O4/c1-25-16-8-9-18(26-2)17(14-16)20(24)22-12-10-21(11-13-22)19(23)15-6-4-3-5-7-15/h8-9,14-15H,3-7,10-13H2,1-2H3. The van der Waals surface area contributed by atoms with Gasteiger partial charge in [-0.2, -0.15) is 0 Å². The van der Waals surface area contributed by atoms with Crippen LogP contribution in [0.2, 0.25) is 0 Å². The lowest BCUT2D eigenvalue weighted by Gasteiger charge is -2.37. The van der Waals surface area contributed by atoms with Crippen molar-refractivity contribution in [3.8, 4) is 11.5 Å². The van der Waals surface area contributed by atoms with E-state index in [9.17, 15) is 9.59 Å². The highest BCUT2D eigenvalue weighted by Crippen LogP contribution is 2.27. The van der Waals surface area contributed by atoms with Gasteiger partial charge in [-0.15, -0.1) is 0 Å². The molecule has 1 heterocycles. The molecule has 1 saturated carbocycles. The molecule has 0 N–H and O–H groups in total. The van der Waals surface area contributed by atoms with Crippen LogP contribution in [-0.4, -0.2) is 62.0 Å². The highest BCUT2D eigenvalue weighted by molar-refractivity contribution is 5.97. The topological polar surface area (TPSA) is 59.1 Å². The van der Waals surface area contributed by atoms with Crippen molar-refractivity contribution in [2.24, 2.45) is 5.92 Å². The first-order chi connectivity index (χ1) is 12.6. The number of carbonyl (C=O) groups excluding carboxylic acids is 2. The van der Waals surface area contributed by atoms with Crippen LogP contribution in [0.3, 0.4) is 0 Å². The highest BCUT2D eigenvalue weighted by atomic mass is 16.5. The van der Waals surface area contributed by atoms with E-state index in [-0.39, 0.29) is 17.7 Å². The van der Waals surface area contributed by atoms with Gasteiger partial charge in [-0.3, -0.25) is 9.59 Å². The maximum absolute atomic E-state index is 12.9. The van der Waals surface area contributed by atoms with E-state index in [1.165, 1.54) is 6.42 Å². The Kier molecular flexibility index (Phi) is 6.01. The number of hydrogen-bond acceptors (Lipinski definition) is 4. The molecule has 26 heavy (non-hydrogen) atoms. The van der Waals surface area contributed by atoms with Gasteiger partial charge in [-0.25, -0.2) is 0 Å². The van der Waals surface area contributed by atoms with E-state index in [0.29, 0.717) is 43.2 Å². The van der Waals surface area contributed by atoms with Gasteiger partial charge in [0.15, 0.2) is 0 Å². The molecule has 0 aromatic heterocycles. The number of amides is 2. The molecular weight excluding hydrogens is 332 g/mol. The fourth-order valence-electron chi connectivity index (χ4n) is 3.89. The maximum atomic E-state index is 12.9. The van der Waals surface area contributed by atoms with Crippen molar-refractivity contribution >= 4 is 11.8 Å². The maximum Gasteiger partial charge on any atom is 0.257 e. The summed E-state index contributed by atoms with van der Waals surface area (Å²) in [5.74, 6) is 1.54. The molecule has 2 aliphatic rings. The number of rotatable bonds is 4. The van der Waals surface area contributed by atoms with Crippen molar-refractivity contribution in [2.45, 2.75) is 32.1 Å². The smallest absolute Gasteiger partial charge is 0.257 e. The van der Waals surface area contributed by atoms with Gasteiger partial charge < -0.3 is 19.3 Å². The fourth-order valence-corrected chi connectivity index (χ4v) is 3.89. The summed E-state index contributed by atoms with van der Waals surface area (Å²) < 4.78 is 10.6. The average Bonchev–Trinajstić information content (AvgIpc) is 2.73. The second kappa shape index (κ2) is 8.43. The Balaban J connectivity index is 1.62. The second-order valence-electron chi connectivity index (χ2n) is 7.02. The van der Waals surface area contributed by atoms with Crippen LogP contribution < -0.4 is 9.47 Å². The third kappa shape index (κ3) is 3.94. The van der Waals surface area contributed by atoms with Crippen LogP contribution in [0.15, 0.2) is 18.2 Å². The summed E-state index contributed by atoms with van der Waals surface area (Å²) in [5.41, 5.74) is 0.499. The molecule has 1 aliphatic carbocycles. The van der Waals surface area contributed by atoms with Crippen LogP contribution in [0.5, 0.6) is 11.5 Å². The Morgan fingerprint density at radius 2 is 1.58 bits per heavy atom. The minimum absolute atomic E-state index is 0.0782. The van der Waals surface area contributed by atoms with Gasteiger partial charge in [0, 0.05) is 32.1 Å². The molecule has 142 valence electrons. The van der Waals surface area contributed by atoms with Crippen molar-refractivity contribution in [1.29, 1.82) is 0 Å². The van der Waals surface area contributed by atoms with Gasteiger partial charge in [0.2, 0.25) is 5.91 Å². The highest BCUT2D eigenvalue weighted by Gasteiger charge is 2.30. The molecule has 1 saturated heterocycles. The van der Waals surface area contributed by atoms with Crippen LogP contribution in [0, 0.1) is 5.92 Å². The number of ether oxygens (including phenoxy) is 2. The number of hydrogen-bond donors (Lipinski definition) is 0. The number of methoxy groups -OCH3 is 2. The molecule has 0 unspecified atom stereocenters. The largest absolute Gasteiger partial charge is 0.497 e. The normalized spacial score (nSPS) is 18.5. The van der Waals surface area contributed by atoms with E-state index >= 15 is 0 Å². The summed E-state index contributed by atoms with van der Waals surface area (Å²) in [4.78, 5) is 29.3. The first kappa shape index (κ1) is 18.5. The molecule has 2 fully saturated rings. The van der Waals surface area contributed by atoms with Crippen molar-refractivity contribution in [3.05, 3.63) is 23.8 Å². The van der Waals surface area contributed by atoms with Gasteiger partial charge in [-0.1, -0.05) is 19.3 Å². The van der Waals surface area contributed by atoms with Crippen molar-refractivity contribution in [3.63, 3.8) is 0 Å². The minimum Gasteiger partial charge on any atom is -0.497 e. The predicted octanol–water partition coefficient (Wildman–Crippen LogP) is 2.57. The Morgan fingerprint density at radius 3 is 2.19 bits per heavy atom. The summed E-state index contributed by atoms with van der Waals surface area (Å²) in [5, 5.41) is 0. The Bertz CT molecular complexity index is 647. The van der Waals surface area contributed by atoms with E-state index in [1.54, 1.807) is 37.3 Å². The van der Waals surface area contributed by atoms with Crippen LogP contribution in [0.4, 0.5) is 0 Å². The van der Waals surface area contributed by atoms with E-state index in [0.717, 1.165) is 25.7 Å². The van der Waals surface area contributed by atoms with Gasteiger partial charge >= 0.3 is 0 Å². The van der Waals surface area contributed by atoms with Gasteiger partial charge in [0.25, 0.3) is 5.91 Å². The average molecular weight is 360 g/mol. The lowest BCUT2D eigenvalue weighted by molar-refractivity contribution is -0.138. The molecule has 1 aromatic carbocycles. The Morgan fingerprint density at radius 1 is 0.923 bits per heavy atom. The molecule has 6 nitrogen and oxygen atoms in total. The molecule has 2 amide bonds. The quantitative estimate of drug-likeness (QED) is 0.828. The van der Waals surface area contributed by atoms with Gasteiger partial charge in [0.1, 0.15) is 11.5 Å². The SMILES string of the molecule is COc1ccc(OC)c(C(=O)N2CCN(C(=O)C3CCCCC3)CC2)c1. The molecule has 0 radical (unpaired) electrons. The predicted molar refractivity (Wildman–Crippen MR) is 98.6 cm³/mol. The summed E-state index contributed by atoms with van der Waals surface area (Å²) in [7, 11) is 3.13. The summed E-state index contributed by atoms with van der Waals surface area (Å²) in [6, 6.07) is 5.23. The van der Waals surface area contributed by atoms with Crippen molar-refractivity contribution in [2.75, 3.05) is 40.4 Å². The van der Waals surface area contributed by atoms with Crippen LogP contribution in [-0.2, 0) is 4.79 Å². The van der Waals surface area contributed by atoms with Gasteiger partial charge in [-0.05, 0) is 31.0 Å². The molecule has 0 atom stereocenters. The lowest BCUT2D eigenvalue weighted by Crippen LogP contribution is -2.52. The molecular formula is C20H28N2O4. The molecule has 1 aliphatic heterocycles. The minimum atomic E-state index is -0.0782. The molecule has 0 bridgehead atoms. The zero-order valence-corrected chi connectivity index (χ0v) is 15.7. The summed E-state index contributed by atoms with van der Waals surface area (Å²) in [6.07, 6.45) is 5.58. The van der Waals surface area contributed by atoms with Crippen molar-refractivity contribution < 1.29 is 19.1 Å². The van der Waals surface area contributed by atoms with E-state index in [1.807, 2.05) is 4.90 Å². The Hall–Kier alpha value is -2.24. The lowest BCUT2D eigenvalue weighted by atomic mass is 9.88. The van der Waals surface area contributed by atoms with Crippen molar-refractivity contribution in [1.82, 2.24) is 9.80 Å². The number of piperazine rings is 1. The summed E-state index contributed by atoms with van der Waals surface area (Å²) >= 11 is 0. The van der Waals surface area contributed by atoms with Crippen LogP contribution in [0.25, 0.3) is 0 Å². The second-order valence-corrected chi connectivity index (χ2v) is 7.02. The van der Waals surface area contributed by atoms with E-state index in [2.05, 4.69) is 0 Å². The summed E-state index contributed by atoms with van der Waals surface area (Å²) in [6.45, 7) is 2.32. The molecule has 1 aromatic rings.